The van der Waals surface area contributed by atoms with Crippen LogP contribution in [0.1, 0.15) is 17.3 Å². The van der Waals surface area contributed by atoms with Gasteiger partial charge in [0.2, 0.25) is 5.91 Å². The lowest BCUT2D eigenvalue weighted by molar-refractivity contribution is -0.111. The normalized spacial score (nSPS) is 11.0. The van der Waals surface area contributed by atoms with Gasteiger partial charge in [0.1, 0.15) is 12.0 Å². The minimum atomic E-state index is -1.06. The maximum atomic E-state index is 11.7. The fraction of sp³-hybridized carbons (Fsp3) is 0.0588. The molecule has 0 bridgehead atoms. The number of aromatic nitrogens is 3. The van der Waals surface area contributed by atoms with Gasteiger partial charge in [-0.25, -0.2) is 14.8 Å². The number of aromatic carboxylic acids is 1. The monoisotopic (exact) mass is 322 g/mol. The molecule has 3 aromatic rings. The molecule has 24 heavy (non-hydrogen) atoms. The summed E-state index contributed by atoms with van der Waals surface area (Å²) >= 11 is 0. The first kappa shape index (κ1) is 15.4. The number of amides is 1. The van der Waals surface area contributed by atoms with E-state index in [0.717, 1.165) is 0 Å². The molecule has 3 rings (SSSR count). The van der Waals surface area contributed by atoms with E-state index in [1.165, 1.54) is 18.6 Å². The predicted octanol–water partition coefficient (Wildman–Crippen LogP) is 2.84. The van der Waals surface area contributed by atoms with Crippen molar-refractivity contribution in [1.29, 1.82) is 0 Å². The van der Waals surface area contributed by atoms with Gasteiger partial charge < -0.3 is 15.4 Å². The summed E-state index contributed by atoms with van der Waals surface area (Å²) in [6.45, 7) is 1.76. The summed E-state index contributed by atoms with van der Waals surface area (Å²) in [4.78, 5) is 34.2. The second kappa shape index (κ2) is 6.33. The highest BCUT2D eigenvalue weighted by Crippen LogP contribution is 2.29. The Morgan fingerprint density at radius 2 is 2.12 bits per heavy atom. The van der Waals surface area contributed by atoms with E-state index < -0.39 is 5.97 Å². The number of nitrogens with zero attached hydrogens (tertiary/aromatic N) is 2. The Labute approximate surface area is 137 Å². The number of hydrogen-bond acceptors (Lipinski definition) is 4. The number of carboxylic acids is 1. The minimum Gasteiger partial charge on any atom is -0.478 e. The van der Waals surface area contributed by atoms with Crippen LogP contribution in [0, 0.1) is 0 Å². The molecule has 0 aliphatic rings. The third kappa shape index (κ3) is 2.87. The molecule has 0 aliphatic carbocycles. The van der Waals surface area contributed by atoms with E-state index in [4.69, 9.17) is 0 Å². The quantitative estimate of drug-likeness (QED) is 0.640. The van der Waals surface area contributed by atoms with Gasteiger partial charge in [-0.15, -0.1) is 0 Å². The molecule has 0 spiro atoms. The van der Waals surface area contributed by atoms with Gasteiger partial charge in [0, 0.05) is 17.4 Å². The summed E-state index contributed by atoms with van der Waals surface area (Å²) in [6.07, 6.45) is 5.82. The number of nitrogens with one attached hydrogen (secondary N) is 2. The van der Waals surface area contributed by atoms with Crippen LogP contribution < -0.4 is 5.32 Å². The van der Waals surface area contributed by atoms with Crippen molar-refractivity contribution in [3.05, 3.63) is 54.5 Å². The van der Waals surface area contributed by atoms with E-state index in [2.05, 4.69) is 20.3 Å². The average molecular weight is 322 g/mol. The van der Waals surface area contributed by atoms with Crippen LogP contribution in [0.2, 0.25) is 0 Å². The van der Waals surface area contributed by atoms with Crippen molar-refractivity contribution in [1.82, 2.24) is 15.0 Å². The maximum absolute atomic E-state index is 11.7. The molecule has 2 aromatic heterocycles. The molecule has 0 unspecified atom stereocenters. The van der Waals surface area contributed by atoms with E-state index in [0.29, 0.717) is 28.0 Å². The molecule has 1 aromatic carbocycles. The molecule has 0 aliphatic heterocycles. The Morgan fingerprint density at radius 1 is 1.29 bits per heavy atom. The SMILES string of the molecule is C/C=C\C(=O)Nc1cccc(-c2ncnc3[nH]cc(C(=O)O)c23)c1. The molecular weight excluding hydrogens is 308 g/mol. The molecule has 0 atom stereocenters. The fourth-order valence-electron chi connectivity index (χ4n) is 2.43. The van der Waals surface area contributed by atoms with Crippen molar-refractivity contribution in [3.8, 4) is 11.3 Å². The number of fused-ring (bicyclic) bond motifs is 1. The standard InChI is InChI=1S/C17H14N4O3/c1-2-4-13(22)21-11-6-3-5-10(7-11)15-14-12(17(23)24)8-18-16(14)20-9-19-15/h2-9H,1H3,(H,21,22)(H,23,24)(H,18,19,20)/b4-2-. The molecule has 0 saturated heterocycles. The highest BCUT2D eigenvalue weighted by molar-refractivity contribution is 6.07. The maximum Gasteiger partial charge on any atom is 0.338 e. The zero-order chi connectivity index (χ0) is 17.1. The molecule has 2 heterocycles. The number of carboxylic acid groups (broad SMARTS) is 1. The molecule has 7 nitrogen and oxygen atoms in total. The van der Waals surface area contributed by atoms with Crippen molar-refractivity contribution in [2.24, 2.45) is 0 Å². The number of rotatable bonds is 4. The Balaban J connectivity index is 2.09. The smallest absolute Gasteiger partial charge is 0.338 e. The summed E-state index contributed by atoms with van der Waals surface area (Å²) in [6, 6.07) is 7.05. The van der Waals surface area contributed by atoms with Crippen molar-refractivity contribution in [2.45, 2.75) is 6.92 Å². The molecule has 0 fully saturated rings. The number of aromatic amines is 1. The highest BCUT2D eigenvalue weighted by Gasteiger charge is 2.17. The van der Waals surface area contributed by atoms with Crippen LogP contribution in [0.4, 0.5) is 5.69 Å². The lowest BCUT2D eigenvalue weighted by Gasteiger charge is -2.07. The second-order valence-electron chi connectivity index (χ2n) is 5.02. The van der Waals surface area contributed by atoms with E-state index in [9.17, 15) is 14.7 Å². The molecule has 0 radical (unpaired) electrons. The Bertz CT molecular complexity index is 959. The Hall–Kier alpha value is -3.48. The van der Waals surface area contributed by atoms with Crippen LogP contribution in [0.15, 0.2) is 48.9 Å². The highest BCUT2D eigenvalue weighted by atomic mass is 16.4. The van der Waals surface area contributed by atoms with Gasteiger partial charge in [-0.05, 0) is 25.1 Å². The Morgan fingerprint density at radius 3 is 2.88 bits per heavy atom. The molecule has 1 amide bonds. The third-order valence-corrected chi connectivity index (χ3v) is 3.42. The number of allylic oxidation sites excluding steroid dienone is 1. The van der Waals surface area contributed by atoms with Gasteiger partial charge in [-0.1, -0.05) is 18.2 Å². The van der Waals surface area contributed by atoms with Crippen molar-refractivity contribution >= 4 is 28.6 Å². The first-order valence-corrected chi connectivity index (χ1v) is 7.19. The van der Waals surface area contributed by atoms with Crippen LogP contribution in [0.25, 0.3) is 22.3 Å². The number of carbonyl (C=O) groups is 2. The van der Waals surface area contributed by atoms with Gasteiger partial charge >= 0.3 is 5.97 Å². The van der Waals surface area contributed by atoms with Crippen LogP contribution in [0.3, 0.4) is 0 Å². The molecule has 7 heteroatoms. The fourth-order valence-corrected chi connectivity index (χ4v) is 2.43. The van der Waals surface area contributed by atoms with Crippen molar-refractivity contribution in [2.75, 3.05) is 5.32 Å². The van der Waals surface area contributed by atoms with E-state index >= 15 is 0 Å². The predicted molar refractivity (Wildman–Crippen MR) is 89.7 cm³/mol. The van der Waals surface area contributed by atoms with Crippen LogP contribution in [-0.4, -0.2) is 31.9 Å². The van der Waals surface area contributed by atoms with E-state index in [-0.39, 0.29) is 11.5 Å². The van der Waals surface area contributed by atoms with Crippen LogP contribution >= 0.6 is 0 Å². The number of hydrogen-bond donors (Lipinski definition) is 3. The summed E-state index contributed by atoms with van der Waals surface area (Å²) < 4.78 is 0. The second-order valence-corrected chi connectivity index (χ2v) is 5.02. The first-order valence-electron chi connectivity index (χ1n) is 7.19. The lowest BCUT2D eigenvalue weighted by Crippen LogP contribution is -2.07. The topological polar surface area (TPSA) is 108 Å². The Kier molecular flexibility index (Phi) is 4.07. The third-order valence-electron chi connectivity index (χ3n) is 3.42. The average Bonchev–Trinajstić information content (AvgIpc) is 2.99. The van der Waals surface area contributed by atoms with E-state index in [1.54, 1.807) is 37.3 Å². The van der Waals surface area contributed by atoms with Gasteiger partial charge in [0.15, 0.2) is 0 Å². The van der Waals surface area contributed by atoms with Gasteiger partial charge in [-0.2, -0.15) is 0 Å². The largest absolute Gasteiger partial charge is 0.478 e. The summed E-state index contributed by atoms with van der Waals surface area (Å²) in [7, 11) is 0. The van der Waals surface area contributed by atoms with Crippen LogP contribution in [0.5, 0.6) is 0 Å². The number of carbonyl (C=O) groups excluding carboxylic acids is 1. The molecule has 120 valence electrons. The van der Waals surface area contributed by atoms with Crippen molar-refractivity contribution < 1.29 is 14.7 Å². The first-order chi connectivity index (χ1) is 11.6. The number of anilines is 1. The minimum absolute atomic E-state index is 0.101. The number of benzene rings is 1. The number of H-pyrrole nitrogens is 1. The summed E-state index contributed by atoms with van der Waals surface area (Å²) in [5.41, 5.74) is 2.31. The zero-order valence-electron chi connectivity index (χ0n) is 12.8. The summed E-state index contributed by atoms with van der Waals surface area (Å²) in [5.74, 6) is -1.30. The van der Waals surface area contributed by atoms with Gasteiger partial charge in [0.25, 0.3) is 0 Å². The molecule has 0 saturated carbocycles. The van der Waals surface area contributed by atoms with E-state index in [1.807, 2.05) is 0 Å². The van der Waals surface area contributed by atoms with Crippen molar-refractivity contribution in [3.63, 3.8) is 0 Å². The summed E-state index contributed by atoms with van der Waals surface area (Å²) in [5, 5.41) is 12.5. The molecular formula is C17H14N4O3. The lowest BCUT2D eigenvalue weighted by atomic mass is 10.1. The van der Waals surface area contributed by atoms with Crippen LogP contribution in [-0.2, 0) is 4.79 Å². The van der Waals surface area contributed by atoms with Gasteiger partial charge in [0.05, 0.1) is 16.6 Å². The molecule has 3 N–H and O–H groups in total. The zero-order valence-corrected chi connectivity index (χ0v) is 12.8. The van der Waals surface area contributed by atoms with Gasteiger partial charge in [-0.3, -0.25) is 4.79 Å².